The maximum atomic E-state index is 3.53. The molecule has 1 aromatic carbocycles. The molecule has 0 spiro atoms. The average molecular weight is 190 g/mol. The zero-order valence-corrected chi connectivity index (χ0v) is 9.12. The van der Waals surface area contributed by atoms with Crippen molar-refractivity contribution in [2.45, 2.75) is 38.8 Å². The molecule has 14 heavy (non-hydrogen) atoms. The molecule has 1 N–H and O–H groups in total. The van der Waals surface area contributed by atoms with Gasteiger partial charge in [0.2, 0.25) is 0 Å². The molecule has 1 atom stereocenters. The fourth-order valence-electron chi connectivity index (χ4n) is 2.22. The highest BCUT2D eigenvalue weighted by Crippen LogP contribution is 2.27. The van der Waals surface area contributed by atoms with E-state index in [1.54, 1.807) is 0 Å². The molecule has 2 nitrogen and oxygen atoms in total. The summed E-state index contributed by atoms with van der Waals surface area (Å²) >= 11 is 0. The van der Waals surface area contributed by atoms with Gasteiger partial charge in [-0.2, -0.15) is 0 Å². The summed E-state index contributed by atoms with van der Waals surface area (Å²) < 4.78 is 0. The molecule has 0 aliphatic carbocycles. The highest BCUT2D eigenvalue weighted by molar-refractivity contribution is 5.47. The molecule has 1 aliphatic rings. The number of hydrazine groups is 1. The van der Waals surface area contributed by atoms with E-state index in [1.165, 1.54) is 12.1 Å². The zero-order valence-electron chi connectivity index (χ0n) is 9.12. The Hall–Kier alpha value is -1.02. The largest absolute Gasteiger partial charge is 0.305 e. The molecular formula is C12H18N2. The number of hydrogen-bond donors (Lipinski definition) is 1. The molecule has 1 saturated heterocycles. The van der Waals surface area contributed by atoms with E-state index in [1.807, 2.05) is 0 Å². The summed E-state index contributed by atoms with van der Waals surface area (Å²) in [5, 5.41) is 2.26. The molecule has 1 unspecified atom stereocenters. The van der Waals surface area contributed by atoms with E-state index in [0.717, 1.165) is 0 Å². The molecule has 0 radical (unpaired) electrons. The lowest BCUT2D eigenvalue weighted by Gasteiger charge is -2.25. The van der Waals surface area contributed by atoms with Crippen LogP contribution in [0.5, 0.6) is 0 Å². The van der Waals surface area contributed by atoms with Crippen LogP contribution in [0.4, 0.5) is 5.69 Å². The highest BCUT2D eigenvalue weighted by atomic mass is 15.6. The van der Waals surface area contributed by atoms with Crippen LogP contribution in [-0.2, 0) is 0 Å². The first-order chi connectivity index (χ1) is 6.58. The van der Waals surface area contributed by atoms with Crippen molar-refractivity contribution in [3.63, 3.8) is 0 Å². The van der Waals surface area contributed by atoms with E-state index < -0.39 is 0 Å². The number of hydrogen-bond acceptors (Lipinski definition) is 2. The molecule has 2 heteroatoms. The second-order valence-electron chi connectivity index (χ2n) is 4.75. The number of rotatable bonds is 1. The zero-order chi connectivity index (χ0) is 10.2. The predicted octanol–water partition coefficient (Wildman–Crippen LogP) is 2.57. The van der Waals surface area contributed by atoms with Crippen LogP contribution < -0.4 is 10.4 Å². The molecule has 1 aliphatic heterocycles. The number of anilines is 1. The Morgan fingerprint density at radius 3 is 2.43 bits per heavy atom. The molecule has 0 amide bonds. The van der Waals surface area contributed by atoms with Crippen molar-refractivity contribution in [3.8, 4) is 0 Å². The minimum absolute atomic E-state index is 0.218. The van der Waals surface area contributed by atoms with Gasteiger partial charge in [0.05, 0.1) is 5.69 Å². The summed E-state index contributed by atoms with van der Waals surface area (Å²) in [5.41, 5.74) is 5.00. The highest BCUT2D eigenvalue weighted by Gasteiger charge is 2.34. The Labute approximate surface area is 85.9 Å². The summed E-state index contributed by atoms with van der Waals surface area (Å²) in [6, 6.07) is 11.1. The van der Waals surface area contributed by atoms with Crippen LogP contribution in [0.15, 0.2) is 30.3 Å². The second-order valence-corrected chi connectivity index (χ2v) is 4.75. The molecule has 0 aromatic heterocycles. The second kappa shape index (κ2) is 3.28. The summed E-state index contributed by atoms with van der Waals surface area (Å²) in [4.78, 5) is 0. The van der Waals surface area contributed by atoms with Gasteiger partial charge in [-0.05, 0) is 39.3 Å². The van der Waals surface area contributed by atoms with E-state index in [2.05, 4.69) is 61.5 Å². The van der Waals surface area contributed by atoms with Gasteiger partial charge in [0.25, 0.3) is 0 Å². The minimum Gasteiger partial charge on any atom is -0.305 e. The lowest BCUT2D eigenvalue weighted by molar-refractivity contribution is 0.450. The summed E-state index contributed by atoms with van der Waals surface area (Å²) in [6.45, 7) is 6.74. The molecule has 0 saturated carbocycles. The van der Waals surface area contributed by atoms with Gasteiger partial charge < -0.3 is 5.01 Å². The molecule has 1 heterocycles. The number of benzene rings is 1. The third-order valence-electron chi connectivity index (χ3n) is 2.70. The van der Waals surface area contributed by atoms with Gasteiger partial charge in [0.15, 0.2) is 0 Å². The average Bonchev–Trinajstić information content (AvgIpc) is 2.41. The van der Waals surface area contributed by atoms with Crippen molar-refractivity contribution in [3.05, 3.63) is 30.3 Å². The predicted molar refractivity (Wildman–Crippen MR) is 60.2 cm³/mol. The van der Waals surface area contributed by atoms with Crippen LogP contribution >= 0.6 is 0 Å². The van der Waals surface area contributed by atoms with Gasteiger partial charge >= 0.3 is 0 Å². The molecular weight excluding hydrogens is 172 g/mol. The first kappa shape index (κ1) is 9.53. The first-order valence-corrected chi connectivity index (χ1v) is 5.21. The van der Waals surface area contributed by atoms with Crippen LogP contribution in [-0.4, -0.2) is 11.6 Å². The maximum absolute atomic E-state index is 3.53. The molecule has 1 aromatic rings. The SMILES string of the molecule is CC1CC(C)(C)NN1c1ccccc1. The van der Waals surface area contributed by atoms with Gasteiger partial charge in [0.1, 0.15) is 0 Å². The van der Waals surface area contributed by atoms with Crippen molar-refractivity contribution in [1.29, 1.82) is 0 Å². The van der Waals surface area contributed by atoms with Gasteiger partial charge in [0, 0.05) is 11.6 Å². The number of nitrogens with zero attached hydrogens (tertiary/aromatic N) is 1. The Morgan fingerprint density at radius 2 is 1.93 bits per heavy atom. The van der Waals surface area contributed by atoms with Gasteiger partial charge in [-0.15, -0.1) is 0 Å². The Morgan fingerprint density at radius 1 is 1.29 bits per heavy atom. The smallest absolute Gasteiger partial charge is 0.0523 e. The van der Waals surface area contributed by atoms with E-state index in [-0.39, 0.29) is 5.54 Å². The normalized spacial score (nSPS) is 25.4. The van der Waals surface area contributed by atoms with E-state index in [9.17, 15) is 0 Å². The molecule has 0 bridgehead atoms. The molecule has 1 fully saturated rings. The van der Waals surface area contributed by atoms with E-state index in [0.29, 0.717) is 6.04 Å². The van der Waals surface area contributed by atoms with Crippen LogP contribution in [0.2, 0.25) is 0 Å². The van der Waals surface area contributed by atoms with Gasteiger partial charge in [-0.25, -0.2) is 5.43 Å². The Bertz CT molecular complexity index is 305. The summed E-state index contributed by atoms with van der Waals surface area (Å²) in [5.74, 6) is 0. The third kappa shape index (κ3) is 1.75. The quantitative estimate of drug-likeness (QED) is 0.732. The van der Waals surface area contributed by atoms with Crippen molar-refractivity contribution in [2.75, 3.05) is 5.01 Å². The van der Waals surface area contributed by atoms with E-state index >= 15 is 0 Å². The lowest BCUT2D eigenvalue weighted by atomic mass is 10.00. The van der Waals surface area contributed by atoms with Crippen LogP contribution in [0.3, 0.4) is 0 Å². The fourth-order valence-corrected chi connectivity index (χ4v) is 2.22. The molecule has 2 rings (SSSR count). The van der Waals surface area contributed by atoms with Crippen molar-refractivity contribution in [1.82, 2.24) is 5.43 Å². The van der Waals surface area contributed by atoms with Gasteiger partial charge in [-0.1, -0.05) is 18.2 Å². The van der Waals surface area contributed by atoms with Crippen LogP contribution in [0, 0.1) is 0 Å². The standard InChI is InChI=1S/C12H18N2/c1-10-9-12(2,3)13-14(10)11-7-5-4-6-8-11/h4-8,10,13H,9H2,1-3H3. The Kier molecular flexibility index (Phi) is 2.23. The van der Waals surface area contributed by atoms with Crippen molar-refractivity contribution in [2.24, 2.45) is 0 Å². The van der Waals surface area contributed by atoms with Crippen molar-refractivity contribution >= 4 is 5.69 Å². The minimum atomic E-state index is 0.218. The first-order valence-electron chi connectivity index (χ1n) is 5.21. The van der Waals surface area contributed by atoms with E-state index in [4.69, 9.17) is 0 Å². The summed E-state index contributed by atoms with van der Waals surface area (Å²) in [7, 11) is 0. The number of para-hydroxylation sites is 1. The molecule has 76 valence electrons. The third-order valence-corrected chi connectivity index (χ3v) is 2.70. The van der Waals surface area contributed by atoms with Crippen LogP contribution in [0.1, 0.15) is 27.2 Å². The fraction of sp³-hybridized carbons (Fsp3) is 0.500. The maximum Gasteiger partial charge on any atom is 0.0523 e. The van der Waals surface area contributed by atoms with Crippen molar-refractivity contribution < 1.29 is 0 Å². The number of nitrogens with one attached hydrogen (secondary N) is 1. The van der Waals surface area contributed by atoms with Gasteiger partial charge in [-0.3, -0.25) is 0 Å². The lowest BCUT2D eigenvalue weighted by Crippen LogP contribution is -2.42. The van der Waals surface area contributed by atoms with Crippen LogP contribution in [0.25, 0.3) is 0 Å². The monoisotopic (exact) mass is 190 g/mol. The summed E-state index contributed by atoms with van der Waals surface area (Å²) in [6.07, 6.45) is 1.18. The Balaban J connectivity index is 2.21. The topological polar surface area (TPSA) is 15.3 Å².